The van der Waals surface area contributed by atoms with Gasteiger partial charge in [-0.15, -0.1) is 5.10 Å². The number of hydrogen-bond acceptors (Lipinski definition) is 6. The van der Waals surface area contributed by atoms with Gasteiger partial charge in [0, 0.05) is 19.3 Å². The smallest absolute Gasteiger partial charge is 0.337 e. The molecule has 1 saturated heterocycles. The number of carboxylic acids is 1. The molecule has 0 aromatic carbocycles. The second kappa shape index (κ2) is 5.29. The number of carbonyl (C=O) groups is 2. The van der Waals surface area contributed by atoms with Crippen molar-refractivity contribution < 1.29 is 14.7 Å². The minimum absolute atomic E-state index is 0.00278. The van der Waals surface area contributed by atoms with Crippen LogP contribution in [0.2, 0.25) is 0 Å². The Hall–Kier alpha value is -2.81. The van der Waals surface area contributed by atoms with Gasteiger partial charge in [0.15, 0.2) is 5.69 Å². The zero-order valence-corrected chi connectivity index (χ0v) is 10.9. The van der Waals surface area contributed by atoms with Gasteiger partial charge in [-0.3, -0.25) is 9.78 Å². The number of anilines is 1. The van der Waals surface area contributed by atoms with Crippen LogP contribution in [0.4, 0.5) is 5.69 Å². The van der Waals surface area contributed by atoms with Gasteiger partial charge in [-0.1, -0.05) is 5.21 Å². The van der Waals surface area contributed by atoms with Crippen molar-refractivity contribution in [2.75, 3.05) is 18.4 Å². The summed E-state index contributed by atoms with van der Waals surface area (Å²) in [4.78, 5) is 26.6. The van der Waals surface area contributed by atoms with Gasteiger partial charge in [-0.25, -0.2) is 9.48 Å². The first-order valence-electron chi connectivity index (χ1n) is 6.26. The lowest BCUT2D eigenvalue weighted by atomic mass is 10.2. The molecule has 2 aromatic heterocycles. The molecule has 0 spiro atoms. The fraction of sp³-hybridized carbons (Fsp3) is 0.250. The molecule has 0 unspecified atom stereocenters. The van der Waals surface area contributed by atoms with Crippen LogP contribution in [0.25, 0.3) is 0 Å². The summed E-state index contributed by atoms with van der Waals surface area (Å²) in [5.74, 6) is -1.57. The predicted octanol–water partition coefficient (Wildman–Crippen LogP) is -0.232. The lowest BCUT2D eigenvalue weighted by Gasteiger charge is -2.26. The zero-order chi connectivity index (χ0) is 14.8. The van der Waals surface area contributed by atoms with E-state index in [2.05, 4.69) is 25.9 Å². The number of hydrogen-bond donors (Lipinski definition) is 3. The highest BCUT2D eigenvalue weighted by Gasteiger charge is 2.21. The quantitative estimate of drug-likeness (QED) is 0.710. The lowest BCUT2D eigenvalue weighted by molar-refractivity contribution is 0.0696. The molecule has 3 heterocycles. The van der Waals surface area contributed by atoms with E-state index in [-0.39, 0.29) is 17.3 Å². The molecular formula is C12H12N6O3. The van der Waals surface area contributed by atoms with Gasteiger partial charge in [-0.05, 0) is 6.07 Å². The van der Waals surface area contributed by atoms with Crippen molar-refractivity contribution in [2.45, 2.75) is 6.04 Å². The fourth-order valence-corrected chi connectivity index (χ4v) is 1.84. The second-order valence-corrected chi connectivity index (χ2v) is 4.62. The van der Waals surface area contributed by atoms with E-state index in [1.54, 1.807) is 10.9 Å². The number of aromatic carboxylic acids is 1. The number of carboxylic acid groups (broad SMARTS) is 1. The van der Waals surface area contributed by atoms with E-state index in [0.717, 1.165) is 13.1 Å². The molecule has 0 aliphatic carbocycles. The molecule has 1 fully saturated rings. The molecule has 1 aliphatic rings. The van der Waals surface area contributed by atoms with Crippen LogP contribution in [0.3, 0.4) is 0 Å². The van der Waals surface area contributed by atoms with Gasteiger partial charge in [0.25, 0.3) is 5.91 Å². The normalized spacial score (nSPS) is 14.5. The van der Waals surface area contributed by atoms with Crippen LogP contribution in [0, 0.1) is 0 Å². The highest BCUT2D eigenvalue weighted by molar-refractivity contribution is 6.03. The number of nitrogens with one attached hydrogen (secondary N) is 2. The molecule has 1 aliphatic heterocycles. The summed E-state index contributed by atoms with van der Waals surface area (Å²) in [5.41, 5.74) is 0.458. The summed E-state index contributed by atoms with van der Waals surface area (Å²) in [6, 6.07) is 1.55. The van der Waals surface area contributed by atoms with Crippen molar-refractivity contribution in [3.63, 3.8) is 0 Å². The molecule has 0 bridgehead atoms. The lowest BCUT2D eigenvalue weighted by Crippen LogP contribution is -2.43. The maximum Gasteiger partial charge on any atom is 0.337 e. The summed E-state index contributed by atoms with van der Waals surface area (Å²) < 4.78 is 1.64. The van der Waals surface area contributed by atoms with Gasteiger partial charge in [0.1, 0.15) is 0 Å². The monoisotopic (exact) mass is 288 g/mol. The van der Waals surface area contributed by atoms with Crippen molar-refractivity contribution in [1.82, 2.24) is 25.3 Å². The molecule has 0 radical (unpaired) electrons. The van der Waals surface area contributed by atoms with E-state index in [4.69, 9.17) is 5.11 Å². The third kappa shape index (κ3) is 2.72. The number of rotatable bonds is 4. The summed E-state index contributed by atoms with van der Waals surface area (Å²) in [6.07, 6.45) is 4.14. The van der Waals surface area contributed by atoms with Crippen molar-refractivity contribution >= 4 is 17.6 Å². The number of aromatic nitrogens is 4. The molecule has 2 aromatic rings. The molecule has 0 atom stereocenters. The number of amides is 1. The summed E-state index contributed by atoms with van der Waals surface area (Å²) >= 11 is 0. The molecule has 21 heavy (non-hydrogen) atoms. The largest absolute Gasteiger partial charge is 0.478 e. The first kappa shape index (κ1) is 13.2. The van der Waals surface area contributed by atoms with Gasteiger partial charge < -0.3 is 15.7 Å². The molecule has 9 heteroatoms. The summed E-state index contributed by atoms with van der Waals surface area (Å²) in [5, 5.41) is 22.2. The molecule has 9 nitrogen and oxygen atoms in total. The van der Waals surface area contributed by atoms with E-state index in [1.165, 1.54) is 18.5 Å². The van der Waals surface area contributed by atoms with E-state index in [1.807, 2.05) is 0 Å². The minimum atomic E-state index is -1.11. The van der Waals surface area contributed by atoms with Crippen LogP contribution in [-0.4, -0.2) is 50.1 Å². The first-order valence-corrected chi connectivity index (χ1v) is 6.26. The van der Waals surface area contributed by atoms with Crippen LogP contribution in [0.15, 0.2) is 24.7 Å². The average molecular weight is 288 g/mol. The molecule has 3 rings (SSSR count). The topological polar surface area (TPSA) is 122 Å². The third-order valence-corrected chi connectivity index (χ3v) is 3.12. The highest BCUT2D eigenvalue weighted by Crippen LogP contribution is 2.12. The van der Waals surface area contributed by atoms with E-state index in [9.17, 15) is 9.59 Å². The van der Waals surface area contributed by atoms with E-state index < -0.39 is 11.9 Å². The van der Waals surface area contributed by atoms with Crippen molar-refractivity contribution in [3.05, 3.63) is 35.9 Å². The Morgan fingerprint density at radius 3 is 2.86 bits per heavy atom. The van der Waals surface area contributed by atoms with Crippen LogP contribution in [-0.2, 0) is 0 Å². The highest BCUT2D eigenvalue weighted by atomic mass is 16.4. The number of carbonyl (C=O) groups excluding carboxylic acids is 1. The third-order valence-electron chi connectivity index (χ3n) is 3.12. The maximum atomic E-state index is 12.0. The Labute approximate surface area is 119 Å². The zero-order valence-electron chi connectivity index (χ0n) is 10.9. The summed E-state index contributed by atoms with van der Waals surface area (Å²) in [6.45, 7) is 1.60. The Morgan fingerprint density at radius 1 is 1.38 bits per heavy atom. The standard InChI is InChI=1S/C12H12N6O3/c19-11(10-6-18(17-16-10)9-4-14-5-9)15-8-1-7(12(20)21)2-13-3-8/h1-3,6,9,14H,4-5H2,(H,15,19)(H,20,21). The van der Waals surface area contributed by atoms with Crippen LogP contribution < -0.4 is 10.6 Å². The molecule has 1 amide bonds. The maximum absolute atomic E-state index is 12.0. The SMILES string of the molecule is O=C(O)c1cncc(NC(=O)c2cn(C3CNC3)nn2)c1. The van der Waals surface area contributed by atoms with Crippen molar-refractivity contribution in [1.29, 1.82) is 0 Å². The molecule has 3 N–H and O–H groups in total. The molecule has 0 saturated carbocycles. The van der Waals surface area contributed by atoms with Crippen LogP contribution in [0.1, 0.15) is 26.9 Å². The van der Waals surface area contributed by atoms with Crippen molar-refractivity contribution in [2.24, 2.45) is 0 Å². The Kier molecular flexibility index (Phi) is 3.32. The van der Waals surface area contributed by atoms with E-state index >= 15 is 0 Å². The molecule has 108 valence electrons. The average Bonchev–Trinajstić information content (AvgIpc) is 2.86. The van der Waals surface area contributed by atoms with Gasteiger partial charge in [-0.2, -0.15) is 0 Å². The first-order chi connectivity index (χ1) is 10.1. The van der Waals surface area contributed by atoms with Crippen LogP contribution in [0.5, 0.6) is 0 Å². The summed E-state index contributed by atoms with van der Waals surface area (Å²) in [7, 11) is 0. The van der Waals surface area contributed by atoms with E-state index in [0.29, 0.717) is 5.69 Å². The van der Waals surface area contributed by atoms with Gasteiger partial charge in [0.05, 0.1) is 29.7 Å². The predicted molar refractivity (Wildman–Crippen MR) is 71.1 cm³/mol. The second-order valence-electron chi connectivity index (χ2n) is 4.62. The fourth-order valence-electron chi connectivity index (χ4n) is 1.84. The van der Waals surface area contributed by atoms with Crippen LogP contribution >= 0.6 is 0 Å². The molecular weight excluding hydrogens is 276 g/mol. The Balaban J connectivity index is 1.72. The van der Waals surface area contributed by atoms with Gasteiger partial charge in [0.2, 0.25) is 0 Å². The Bertz CT molecular complexity index is 694. The number of nitrogens with zero attached hydrogens (tertiary/aromatic N) is 4. The number of pyridine rings is 1. The minimum Gasteiger partial charge on any atom is -0.478 e. The Morgan fingerprint density at radius 2 is 2.19 bits per heavy atom. The van der Waals surface area contributed by atoms with Gasteiger partial charge >= 0.3 is 5.97 Å². The van der Waals surface area contributed by atoms with Crippen molar-refractivity contribution in [3.8, 4) is 0 Å².